The van der Waals surface area contributed by atoms with Crippen LogP contribution in [0.2, 0.25) is 0 Å². The smallest absolute Gasteiger partial charge is 0.234 e. The van der Waals surface area contributed by atoms with Gasteiger partial charge in [-0.25, -0.2) is 13.4 Å². The van der Waals surface area contributed by atoms with Crippen LogP contribution in [0.5, 0.6) is 0 Å². The zero-order valence-corrected chi connectivity index (χ0v) is 8.50. The Morgan fingerprint density at radius 2 is 2.33 bits per heavy atom. The number of aryl methyl sites for hydroxylation is 1. The molecule has 0 aliphatic rings. The van der Waals surface area contributed by atoms with Crippen LogP contribution in [0.4, 0.5) is 5.13 Å². The van der Waals surface area contributed by atoms with Crippen LogP contribution in [0.25, 0.3) is 0 Å². The molecule has 1 heterocycles. The summed E-state index contributed by atoms with van der Waals surface area (Å²) in [6.45, 7) is 3.46. The monoisotopic (exact) mass is 206 g/mol. The maximum absolute atomic E-state index is 11.0. The van der Waals surface area contributed by atoms with E-state index in [2.05, 4.69) is 9.71 Å². The van der Waals surface area contributed by atoms with Crippen LogP contribution in [0.1, 0.15) is 11.8 Å². The molecule has 4 nitrogen and oxygen atoms in total. The predicted octanol–water partition coefficient (Wildman–Crippen LogP) is 1.21. The standard InChI is InChI=1S/C6H10N2O2S2/c1-3-12(9,10)8-6-7-4-5(2)11-6/h4H,3H2,1-2H3,(H,7,8). The van der Waals surface area contributed by atoms with Gasteiger partial charge in [-0.3, -0.25) is 4.72 Å². The van der Waals surface area contributed by atoms with Gasteiger partial charge in [-0.1, -0.05) is 0 Å². The molecule has 0 bridgehead atoms. The van der Waals surface area contributed by atoms with Gasteiger partial charge < -0.3 is 0 Å². The summed E-state index contributed by atoms with van der Waals surface area (Å²) in [5.41, 5.74) is 0. The molecule has 1 aromatic heterocycles. The highest BCUT2D eigenvalue weighted by atomic mass is 32.2. The lowest BCUT2D eigenvalue weighted by molar-refractivity contribution is 0.602. The lowest BCUT2D eigenvalue weighted by Gasteiger charge is -1.99. The molecule has 1 N–H and O–H groups in total. The molecule has 0 unspecified atom stereocenters. The highest BCUT2D eigenvalue weighted by Gasteiger charge is 2.08. The second-order valence-corrected chi connectivity index (χ2v) is 5.53. The fraction of sp³-hybridized carbons (Fsp3) is 0.500. The van der Waals surface area contributed by atoms with Gasteiger partial charge in [-0.15, -0.1) is 11.3 Å². The summed E-state index contributed by atoms with van der Waals surface area (Å²) in [4.78, 5) is 4.87. The van der Waals surface area contributed by atoms with E-state index in [0.717, 1.165) is 4.88 Å². The molecule has 1 rings (SSSR count). The first-order valence-corrected chi connectivity index (χ1v) is 5.93. The fourth-order valence-corrected chi connectivity index (χ4v) is 2.13. The Morgan fingerprint density at radius 1 is 1.67 bits per heavy atom. The molecule has 0 amide bonds. The van der Waals surface area contributed by atoms with Gasteiger partial charge in [0.05, 0.1) is 5.75 Å². The van der Waals surface area contributed by atoms with Crippen molar-refractivity contribution in [2.75, 3.05) is 10.5 Å². The molecule has 0 saturated carbocycles. The molecule has 6 heteroatoms. The van der Waals surface area contributed by atoms with E-state index < -0.39 is 10.0 Å². The van der Waals surface area contributed by atoms with E-state index in [-0.39, 0.29) is 5.75 Å². The first-order valence-electron chi connectivity index (χ1n) is 3.46. The molecule has 68 valence electrons. The number of hydrogen-bond acceptors (Lipinski definition) is 4. The Balaban J connectivity index is 2.77. The van der Waals surface area contributed by atoms with Gasteiger partial charge in [-0.05, 0) is 13.8 Å². The van der Waals surface area contributed by atoms with Gasteiger partial charge in [0.1, 0.15) is 0 Å². The van der Waals surface area contributed by atoms with E-state index in [1.807, 2.05) is 6.92 Å². The first-order chi connectivity index (χ1) is 5.53. The van der Waals surface area contributed by atoms with Crippen molar-refractivity contribution in [2.24, 2.45) is 0 Å². The van der Waals surface area contributed by atoms with Crippen LogP contribution >= 0.6 is 11.3 Å². The molecule has 0 radical (unpaired) electrons. The van der Waals surface area contributed by atoms with E-state index in [1.54, 1.807) is 13.1 Å². The first kappa shape index (κ1) is 9.47. The lowest BCUT2D eigenvalue weighted by Crippen LogP contribution is -2.14. The number of nitrogens with one attached hydrogen (secondary N) is 1. The number of rotatable bonds is 3. The minimum Gasteiger partial charge on any atom is -0.259 e. The van der Waals surface area contributed by atoms with Crippen LogP contribution in [-0.2, 0) is 10.0 Å². The Hall–Kier alpha value is -0.620. The summed E-state index contributed by atoms with van der Waals surface area (Å²) in [6, 6.07) is 0. The third-order valence-corrected chi connectivity index (χ3v) is 3.47. The fourth-order valence-electron chi connectivity index (χ4n) is 0.607. The topological polar surface area (TPSA) is 59.1 Å². The van der Waals surface area contributed by atoms with Crippen LogP contribution < -0.4 is 4.72 Å². The molecule has 12 heavy (non-hydrogen) atoms. The molecule has 0 fully saturated rings. The third kappa shape index (κ3) is 2.46. The quantitative estimate of drug-likeness (QED) is 0.808. The molecule has 0 saturated heterocycles. The maximum atomic E-state index is 11.0. The van der Waals surface area contributed by atoms with Crippen molar-refractivity contribution in [1.29, 1.82) is 0 Å². The Morgan fingerprint density at radius 3 is 2.75 bits per heavy atom. The van der Waals surface area contributed by atoms with E-state index in [9.17, 15) is 8.42 Å². The largest absolute Gasteiger partial charge is 0.259 e. The van der Waals surface area contributed by atoms with Crippen LogP contribution in [-0.4, -0.2) is 19.2 Å². The van der Waals surface area contributed by atoms with Gasteiger partial charge >= 0.3 is 0 Å². The Kier molecular flexibility index (Phi) is 2.69. The predicted molar refractivity (Wildman–Crippen MR) is 49.9 cm³/mol. The van der Waals surface area contributed by atoms with Crippen LogP contribution in [0.15, 0.2) is 6.20 Å². The number of sulfonamides is 1. The zero-order valence-electron chi connectivity index (χ0n) is 6.86. The SMILES string of the molecule is CCS(=O)(=O)Nc1ncc(C)s1. The van der Waals surface area contributed by atoms with Crippen LogP contribution in [0.3, 0.4) is 0 Å². The highest BCUT2D eigenvalue weighted by Crippen LogP contribution is 2.17. The number of aromatic nitrogens is 1. The second kappa shape index (κ2) is 3.40. The van der Waals surface area contributed by atoms with Gasteiger partial charge in [0, 0.05) is 11.1 Å². The van der Waals surface area contributed by atoms with Crippen molar-refractivity contribution >= 4 is 26.5 Å². The molecule has 0 atom stereocenters. The molecule has 0 aromatic carbocycles. The van der Waals surface area contributed by atoms with E-state index in [4.69, 9.17) is 0 Å². The van der Waals surface area contributed by atoms with Crippen molar-refractivity contribution in [3.8, 4) is 0 Å². The van der Waals surface area contributed by atoms with Crippen molar-refractivity contribution < 1.29 is 8.42 Å². The average Bonchev–Trinajstić information content (AvgIpc) is 2.35. The lowest BCUT2D eigenvalue weighted by atomic mass is 10.7. The summed E-state index contributed by atoms with van der Waals surface area (Å²) in [5, 5.41) is 0.439. The summed E-state index contributed by atoms with van der Waals surface area (Å²) in [7, 11) is -3.16. The Bertz CT molecular complexity index is 355. The molecular formula is C6H10N2O2S2. The van der Waals surface area contributed by atoms with Gasteiger partial charge in [-0.2, -0.15) is 0 Å². The minimum absolute atomic E-state index is 0.0750. The second-order valence-electron chi connectivity index (χ2n) is 2.28. The summed E-state index contributed by atoms with van der Waals surface area (Å²) >= 11 is 1.33. The van der Waals surface area contributed by atoms with Crippen molar-refractivity contribution in [3.63, 3.8) is 0 Å². The number of anilines is 1. The van der Waals surface area contributed by atoms with Crippen molar-refractivity contribution in [2.45, 2.75) is 13.8 Å². The van der Waals surface area contributed by atoms with Gasteiger partial charge in [0.25, 0.3) is 0 Å². The Labute approximate surface area is 75.7 Å². The zero-order chi connectivity index (χ0) is 9.19. The summed E-state index contributed by atoms with van der Waals surface area (Å²) in [5.74, 6) is 0.0750. The normalized spacial score (nSPS) is 11.5. The molecule has 0 spiro atoms. The summed E-state index contributed by atoms with van der Waals surface area (Å²) in [6.07, 6.45) is 1.64. The molecule has 0 aliphatic heterocycles. The van der Waals surface area contributed by atoms with Crippen LogP contribution in [0, 0.1) is 6.92 Å². The number of hydrogen-bond donors (Lipinski definition) is 1. The maximum Gasteiger partial charge on any atom is 0.234 e. The van der Waals surface area contributed by atoms with Crippen molar-refractivity contribution in [3.05, 3.63) is 11.1 Å². The highest BCUT2D eigenvalue weighted by molar-refractivity contribution is 7.92. The third-order valence-electron chi connectivity index (χ3n) is 1.24. The van der Waals surface area contributed by atoms with Crippen molar-refractivity contribution in [1.82, 2.24) is 4.98 Å². The molecular weight excluding hydrogens is 196 g/mol. The van der Waals surface area contributed by atoms with E-state index >= 15 is 0 Å². The average molecular weight is 206 g/mol. The van der Waals surface area contributed by atoms with Gasteiger partial charge in [0.15, 0.2) is 5.13 Å². The van der Waals surface area contributed by atoms with E-state index in [0.29, 0.717) is 5.13 Å². The molecule has 0 aliphatic carbocycles. The number of nitrogens with zero attached hydrogens (tertiary/aromatic N) is 1. The number of thiazole rings is 1. The minimum atomic E-state index is -3.16. The molecule has 1 aromatic rings. The summed E-state index contributed by atoms with van der Waals surface area (Å²) < 4.78 is 24.4. The van der Waals surface area contributed by atoms with E-state index in [1.165, 1.54) is 11.3 Å². The van der Waals surface area contributed by atoms with Gasteiger partial charge in [0.2, 0.25) is 10.0 Å².